The quantitative estimate of drug-likeness (QED) is 0.270. The number of benzene rings is 3. The number of hydrogen-bond acceptors (Lipinski definition) is 5. The zero-order valence-electron chi connectivity index (χ0n) is 22.4. The van der Waals surface area contributed by atoms with E-state index in [0.717, 1.165) is 38.2 Å². The molecule has 2 aliphatic rings. The molecule has 3 aromatic carbocycles. The molecular formula is C31H28N4O6. The number of aryl methyl sites for hydroxylation is 1. The molecule has 4 unspecified atom stereocenters. The van der Waals surface area contributed by atoms with Gasteiger partial charge in [-0.3, -0.25) is 14.5 Å². The van der Waals surface area contributed by atoms with Crippen molar-refractivity contribution in [3.63, 3.8) is 0 Å². The Morgan fingerprint density at radius 3 is 2.39 bits per heavy atom. The van der Waals surface area contributed by atoms with Crippen molar-refractivity contribution in [1.82, 2.24) is 15.2 Å². The number of rotatable bonds is 6. The summed E-state index contributed by atoms with van der Waals surface area (Å²) in [5.74, 6) is -2.72. The fourth-order valence-corrected chi connectivity index (χ4v) is 5.86. The third-order valence-corrected chi connectivity index (χ3v) is 7.87. The van der Waals surface area contributed by atoms with Crippen molar-refractivity contribution < 1.29 is 29.4 Å². The van der Waals surface area contributed by atoms with Crippen LogP contribution >= 0.6 is 0 Å². The maximum atomic E-state index is 14.2. The highest BCUT2D eigenvalue weighted by atomic mass is 16.4. The summed E-state index contributed by atoms with van der Waals surface area (Å²) < 4.78 is 0. The number of carbonyl (C=O) groups is 4. The van der Waals surface area contributed by atoms with Gasteiger partial charge < -0.3 is 20.5 Å². The summed E-state index contributed by atoms with van der Waals surface area (Å²) in [6.07, 6.45) is -1.08. The van der Waals surface area contributed by atoms with E-state index in [1.807, 2.05) is 55.5 Å². The smallest absolute Gasteiger partial charge is 0.332 e. The minimum absolute atomic E-state index is 0.0420. The second kappa shape index (κ2) is 9.90. The number of carbonyl (C=O) groups excluding carboxylic acids is 3. The van der Waals surface area contributed by atoms with Gasteiger partial charge in [0, 0.05) is 23.0 Å². The summed E-state index contributed by atoms with van der Waals surface area (Å²) >= 11 is 0. The van der Waals surface area contributed by atoms with Crippen LogP contribution in [0.25, 0.3) is 10.9 Å². The molecule has 4 atom stereocenters. The van der Waals surface area contributed by atoms with E-state index in [4.69, 9.17) is 0 Å². The van der Waals surface area contributed by atoms with E-state index in [1.165, 1.54) is 19.1 Å². The molecule has 41 heavy (non-hydrogen) atoms. The van der Waals surface area contributed by atoms with Crippen molar-refractivity contribution in [2.45, 2.75) is 44.5 Å². The summed E-state index contributed by atoms with van der Waals surface area (Å²) in [6, 6.07) is 18.1. The number of aromatic nitrogens is 1. The second-order valence-electron chi connectivity index (χ2n) is 10.5. The Morgan fingerprint density at radius 2 is 1.68 bits per heavy atom. The summed E-state index contributed by atoms with van der Waals surface area (Å²) in [4.78, 5) is 59.1. The Bertz CT molecular complexity index is 1710. The number of fused-ring (bicyclic) bond motifs is 4. The van der Waals surface area contributed by atoms with Gasteiger partial charge in [0.1, 0.15) is 12.1 Å². The van der Waals surface area contributed by atoms with Crippen molar-refractivity contribution in [1.29, 1.82) is 0 Å². The lowest BCUT2D eigenvalue weighted by atomic mass is 9.88. The molecule has 2 aliphatic heterocycles. The second-order valence-corrected chi connectivity index (χ2v) is 10.5. The SMILES string of the molecule is Cc1ccc(C2c3[nH]c4ccccc4c3CC3C(=O)N(c4ccccc4C(=O)NC(C(=O)O)C(C)O)C(=O)N32)cc1. The molecule has 6 rings (SSSR count). The number of aliphatic carboxylic acids is 1. The number of hydrogen-bond donors (Lipinski definition) is 4. The number of H-pyrrole nitrogens is 1. The van der Waals surface area contributed by atoms with Gasteiger partial charge in [-0.15, -0.1) is 0 Å². The van der Waals surface area contributed by atoms with Gasteiger partial charge >= 0.3 is 12.0 Å². The normalized spacial score (nSPS) is 19.6. The van der Waals surface area contributed by atoms with E-state index >= 15 is 0 Å². The Morgan fingerprint density at radius 1 is 1.00 bits per heavy atom. The van der Waals surface area contributed by atoms with Crippen LogP contribution < -0.4 is 10.2 Å². The van der Waals surface area contributed by atoms with E-state index < -0.39 is 48.0 Å². The molecule has 4 N–H and O–H groups in total. The third-order valence-electron chi connectivity index (χ3n) is 7.87. The van der Waals surface area contributed by atoms with Crippen LogP contribution in [0.2, 0.25) is 0 Å². The number of aromatic amines is 1. The molecule has 10 nitrogen and oxygen atoms in total. The molecule has 4 amide bonds. The molecule has 0 radical (unpaired) electrons. The average molecular weight is 553 g/mol. The lowest BCUT2D eigenvalue weighted by Crippen LogP contribution is -2.48. The van der Waals surface area contributed by atoms with Crippen molar-refractivity contribution in [3.05, 3.63) is 101 Å². The maximum absolute atomic E-state index is 14.2. The fraction of sp³-hybridized carbons (Fsp3) is 0.226. The molecule has 0 aliphatic carbocycles. The molecule has 1 saturated heterocycles. The van der Waals surface area contributed by atoms with Gasteiger partial charge in [0.2, 0.25) is 0 Å². The first-order valence-corrected chi connectivity index (χ1v) is 13.3. The Hall–Kier alpha value is -4.96. The predicted molar refractivity (Wildman–Crippen MR) is 151 cm³/mol. The zero-order valence-corrected chi connectivity index (χ0v) is 22.4. The van der Waals surface area contributed by atoms with E-state index in [-0.39, 0.29) is 11.3 Å². The topological polar surface area (TPSA) is 143 Å². The van der Waals surface area contributed by atoms with Crippen molar-refractivity contribution in [3.8, 4) is 0 Å². The van der Waals surface area contributed by atoms with E-state index in [2.05, 4.69) is 10.3 Å². The van der Waals surface area contributed by atoms with Crippen LogP contribution in [0.5, 0.6) is 0 Å². The van der Waals surface area contributed by atoms with Gasteiger partial charge in [0.15, 0.2) is 6.04 Å². The fourth-order valence-electron chi connectivity index (χ4n) is 5.86. The van der Waals surface area contributed by atoms with Gasteiger partial charge in [-0.2, -0.15) is 0 Å². The number of carboxylic acids is 1. The molecule has 4 aromatic rings. The Kier molecular flexibility index (Phi) is 6.34. The van der Waals surface area contributed by atoms with Crippen LogP contribution in [-0.4, -0.2) is 62.1 Å². The number of imide groups is 1. The minimum atomic E-state index is -1.57. The molecule has 0 spiro atoms. The van der Waals surface area contributed by atoms with Gasteiger partial charge in [-0.05, 0) is 43.2 Å². The summed E-state index contributed by atoms with van der Waals surface area (Å²) in [5.41, 5.74) is 4.59. The van der Waals surface area contributed by atoms with Crippen LogP contribution in [0.3, 0.4) is 0 Å². The standard InChI is InChI=1S/C31H28N4O6/c1-16-11-13-18(14-12-16)27-26-21(19-7-3-5-9-22(19)32-26)15-24-29(38)35(31(41)34(24)27)23-10-6-4-8-20(23)28(37)33-25(17(2)36)30(39)40/h3-14,17,24-25,27,32,36H,15H2,1-2H3,(H,33,37)(H,39,40). The van der Waals surface area contributed by atoms with Crippen LogP contribution in [0, 0.1) is 6.92 Å². The van der Waals surface area contributed by atoms with Crippen LogP contribution in [-0.2, 0) is 16.0 Å². The number of nitrogens with zero attached hydrogens (tertiary/aromatic N) is 2. The first kappa shape index (κ1) is 26.3. The third kappa shape index (κ3) is 4.23. The van der Waals surface area contributed by atoms with Crippen LogP contribution in [0.4, 0.5) is 10.5 Å². The maximum Gasteiger partial charge on any atom is 0.332 e. The number of amides is 4. The number of urea groups is 1. The van der Waals surface area contributed by atoms with E-state index in [9.17, 15) is 29.4 Å². The Balaban J connectivity index is 1.44. The molecule has 3 heterocycles. The van der Waals surface area contributed by atoms with Crippen molar-refractivity contribution in [2.24, 2.45) is 0 Å². The predicted octanol–water partition coefficient (Wildman–Crippen LogP) is 3.52. The number of anilines is 1. The van der Waals surface area contributed by atoms with E-state index in [0.29, 0.717) is 6.42 Å². The molecular weight excluding hydrogens is 524 g/mol. The lowest BCUT2D eigenvalue weighted by Gasteiger charge is -2.36. The largest absolute Gasteiger partial charge is 0.480 e. The van der Waals surface area contributed by atoms with Gasteiger partial charge in [0.05, 0.1) is 17.4 Å². The monoisotopic (exact) mass is 552 g/mol. The van der Waals surface area contributed by atoms with Gasteiger partial charge in [-0.25, -0.2) is 14.5 Å². The summed E-state index contributed by atoms with van der Waals surface area (Å²) in [5, 5.41) is 22.6. The molecule has 10 heteroatoms. The van der Waals surface area contributed by atoms with Crippen molar-refractivity contribution >= 4 is 40.4 Å². The highest BCUT2D eigenvalue weighted by molar-refractivity contribution is 6.24. The first-order chi connectivity index (χ1) is 19.7. The van der Waals surface area contributed by atoms with Gasteiger partial charge in [-0.1, -0.05) is 60.2 Å². The van der Waals surface area contributed by atoms with Crippen LogP contribution in [0.15, 0.2) is 72.8 Å². The highest BCUT2D eigenvalue weighted by Crippen LogP contribution is 2.45. The number of para-hydroxylation sites is 2. The minimum Gasteiger partial charge on any atom is -0.480 e. The molecule has 208 valence electrons. The number of carboxylic acid groups (broad SMARTS) is 1. The van der Waals surface area contributed by atoms with Crippen molar-refractivity contribution in [2.75, 3.05) is 4.90 Å². The number of nitrogens with one attached hydrogen (secondary N) is 2. The summed E-state index contributed by atoms with van der Waals surface area (Å²) in [6.45, 7) is 3.22. The summed E-state index contributed by atoms with van der Waals surface area (Å²) in [7, 11) is 0. The lowest BCUT2D eigenvalue weighted by molar-refractivity contribution is -0.141. The van der Waals surface area contributed by atoms with Gasteiger partial charge in [0.25, 0.3) is 11.8 Å². The highest BCUT2D eigenvalue weighted by Gasteiger charge is 2.53. The number of aliphatic hydroxyl groups is 1. The Labute approximate surface area is 235 Å². The average Bonchev–Trinajstić information content (AvgIpc) is 3.45. The first-order valence-electron chi connectivity index (χ1n) is 13.3. The van der Waals surface area contributed by atoms with E-state index in [1.54, 1.807) is 17.0 Å². The number of aliphatic hydroxyl groups excluding tert-OH is 1. The molecule has 0 bridgehead atoms. The molecule has 0 saturated carbocycles. The molecule has 1 aromatic heterocycles. The zero-order chi connectivity index (χ0) is 29.0. The van der Waals surface area contributed by atoms with Crippen LogP contribution in [0.1, 0.15) is 45.7 Å². The molecule has 1 fully saturated rings.